The lowest BCUT2D eigenvalue weighted by molar-refractivity contribution is 0.0954. The Morgan fingerprint density at radius 3 is 2.44 bits per heavy atom. The van der Waals surface area contributed by atoms with Crippen LogP contribution in [0, 0.1) is 0 Å². The molecule has 0 unspecified atom stereocenters. The van der Waals surface area contributed by atoms with E-state index in [1.807, 2.05) is 18.2 Å². The Morgan fingerprint density at radius 2 is 1.71 bits per heavy atom. The number of aromatic nitrogens is 3. The fourth-order valence-electron chi connectivity index (χ4n) is 4.15. The maximum absolute atomic E-state index is 12.4. The van der Waals surface area contributed by atoms with Gasteiger partial charge in [0.2, 0.25) is 0 Å². The van der Waals surface area contributed by atoms with Gasteiger partial charge in [-0.25, -0.2) is 0 Å². The summed E-state index contributed by atoms with van der Waals surface area (Å²) in [5.41, 5.74) is 1.70. The molecule has 1 N–H and O–H groups in total. The fraction of sp³-hybridized carbons (Fsp3) is 0.400. The largest absolute Gasteiger partial charge is 0.497 e. The van der Waals surface area contributed by atoms with Crippen molar-refractivity contribution in [1.82, 2.24) is 25.0 Å². The van der Waals surface area contributed by atoms with E-state index in [0.29, 0.717) is 18.5 Å². The van der Waals surface area contributed by atoms with Crippen molar-refractivity contribution < 1.29 is 19.0 Å². The lowest BCUT2D eigenvalue weighted by atomic mass is 10.1. The van der Waals surface area contributed by atoms with Crippen molar-refractivity contribution in [3.05, 3.63) is 65.2 Å². The van der Waals surface area contributed by atoms with Gasteiger partial charge in [-0.3, -0.25) is 9.69 Å². The molecule has 4 rings (SSSR count). The molecule has 0 fully saturated rings. The van der Waals surface area contributed by atoms with Gasteiger partial charge in [-0.05, 0) is 42.5 Å². The average molecular weight is 466 g/mol. The molecule has 3 aromatic rings. The number of hydrogen-bond donors (Lipinski definition) is 1. The zero-order valence-corrected chi connectivity index (χ0v) is 19.9. The molecule has 0 aliphatic carbocycles. The molecule has 0 saturated carbocycles. The molecule has 1 aliphatic rings. The quantitative estimate of drug-likeness (QED) is 0.519. The van der Waals surface area contributed by atoms with Crippen molar-refractivity contribution in [2.24, 2.45) is 0 Å². The molecule has 34 heavy (non-hydrogen) atoms. The van der Waals surface area contributed by atoms with Crippen LogP contribution in [0.1, 0.15) is 27.6 Å². The summed E-state index contributed by atoms with van der Waals surface area (Å²) in [5.74, 6) is 4.17. The lowest BCUT2D eigenvalue weighted by Gasteiger charge is -2.21. The number of benzene rings is 2. The molecule has 1 amide bonds. The third kappa shape index (κ3) is 5.48. The number of nitrogens with one attached hydrogen (secondary N) is 1. The second kappa shape index (κ2) is 11.0. The minimum atomic E-state index is -0.114. The molecule has 1 aliphatic heterocycles. The Hall–Kier alpha value is -3.59. The van der Waals surface area contributed by atoms with E-state index in [1.54, 1.807) is 45.6 Å². The highest BCUT2D eigenvalue weighted by atomic mass is 16.5. The van der Waals surface area contributed by atoms with Crippen LogP contribution < -0.4 is 19.5 Å². The number of amides is 1. The summed E-state index contributed by atoms with van der Waals surface area (Å²) in [6.07, 6.45) is 1.44. The average Bonchev–Trinajstić information content (AvgIpc) is 3.15. The third-order valence-corrected chi connectivity index (χ3v) is 6.06. The lowest BCUT2D eigenvalue weighted by Crippen LogP contribution is -2.28. The van der Waals surface area contributed by atoms with Crippen LogP contribution >= 0.6 is 0 Å². The molecule has 2 aromatic carbocycles. The summed E-state index contributed by atoms with van der Waals surface area (Å²) in [4.78, 5) is 14.8. The maximum atomic E-state index is 12.4. The second-order valence-corrected chi connectivity index (χ2v) is 8.12. The summed E-state index contributed by atoms with van der Waals surface area (Å²) < 4.78 is 18.2. The minimum absolute atomic E-state index is 0.114. The van der Waals surface area contributed by atoms with Gasteiger partial charge in [0.25, 0.3) is 5.91 Å². The van der Waals surface area contributed by atoms with Gasteiger partial charge < -0.3 is 24.1 Å². The van der Waals surface area contributed by atoms with Crippen molar-refractivity contribution in [1.29, 1.82) is 0 Å². The monoisotopic (exact) mass is 465 g/mol. The maximum Gasteiger partial charge on any atom is 0.251 e. The van der Waals surface area contributed by atoms with Crippen LogP contribution in [-0.2, 0) is 25.9 Å². The molecule has 0 atom stereocenters. The SMILES string of the molecule is COc1ccc(C(=O)NCCc2nnc3n2CCN(Cc2cc(OC)ccc2OC)CC3)cc1. The molecule has 0 bridgehead atoms. The van der Waals surface area contributed by atoms with Crippen LogP contribution in [0.3, 0.4) is 0 Å². The number of rotatable bonds is 9. The summed E-state index contributed by atoms with van der Waals surface area (Å²) >= 11 is 0. The van der Waals surface area contributed by atoms with Gasteiger partial charge >= 0.3 is 0 Å². The summed E-state index contributed by atoms with van der Waals surface area (Å²) in [6, 6.07) is 12.9. The van der Waals surface area contributed by atoms with Gasteiger partial charge in [-0.1, -0.05) is 0 Å². The van der Waals surface area contributed by atoms with Crippen molar-refractivity contribution >= 4 is 5.91 Å². The topological polar surface area (TPSA) is 90.7 Å². The Kier molecular flexibility index (Phi) is 7.64. The van der Waals surface area contributed by atoms with Crippen LogP contribution in [0.15, 0.2) is 42.5 Å². The number of carbonyl (C=O) groups is 1. The van der Waals surface area contributed by atoms with Crippen LogP contribution in [0.5, 0.6) is 17.2 Å². The third-order valence-electron chi connectivity index (χ3n) is 6.06. The molecule has 9 heteroatoms. The number of nitrogens with zero attached hydrogens (tertiary/aromatic N) is 4. The Bertz CT molecular complexity index is 1110. The standard InChI is InChI=1S/C25H31N5O4/c1-32-20-6-4-18(5-7-20)25(31)26-12-10-23-27-28-24-11-13-29(14-15-30(23)24)17-19-16-21(33-2)8-9-22(19)34-3/h4-9,16H,10-15,17H2,1-3H3,(H,26,31). The number of hydrogen-bond acceptors (Lipinski definition) is 7. The first-order chi connectivity index (χ1) is 16.6. The number of methoxy groups -OCH3 is 3. The van der Waals surface area contributed by atoms with Crippen LogP contribution in [0.25, 0.3) is 0 Å². The highest BCUT2D eigenvalue weighted by Crippen LogP contribution is 2.26. The predicted octanol–water partition coefficient (Wildman–Crippen LogP) is 2.33. The Balaban J connectivity index is 1.33. The summed E-state index contributed by atoms with van der Waals surface area (Å²) in [6.45, 7) is 3.82. The van der Waals surface area contributed by atoms with E-state index in [9.17, 15) is 4.79 Å². The van der Waals surface area contributed by atoms with Crippen molar-refractivity contribution in [3.8, 4) is 17.2 Å². The molecular weight excluding hydrogens is 434 g/mol. The normalized spacial score (nSPS) is 13.6. The van der Waals surface area contributed by atoms with Crippen molar-refractivity contribution in [2.75, 3.05) is 41.0 Å². The minimum Gasteiger partial charge on any atom is -0.497 e. The molecule has 0 radical (unpaired) electrons. The Labute approximate surface area is 199 Å². The highest BCUT2D eigenvalue weighted by Gasteiger charge is 2.20. The summed E-state index contributed by atoms with van der Waals surface area (Å²) in [7, 11) is 4.96. The Morgan fingerprint density at radius 1 is 0.941 bits per heavy atom. The second-order valence-electron chi connectivity index (χ2n) is 8.12. The van der Waals surface area contributed by atoms with Gasteiger partial charge in [0.05, 0.1) is 21.3 Å². The van der Waals surface area contributed by atoms with Gasteiger partial charge in [0, 0.05) is 56.7 Å². The smallest absolute Gasteiger partial charge is 0.251 e. The van der Waals surface area contributed by atoms with Crippen LogP contribution in [-0.4, -0.2) is 66.5 Å². The van der Waals surface area contributed by atoms with Gasteiger partial charge in [0.1, 0.15) is 28.9 Å². The predicted molar refractivity (Wildman–Crippen MR) is 128 cm³/mol. The summed E-state index contributed by atoms with van der Waals surface area (Å²) in [5, 5.41) is 11.8. The van der Waals surface area contributed by atoms with Crippen molar-refractivity contribution in [2.45, 2.75) is 25.9 Å². The number of fused-ring (bicyclic) bond motifs is 1. The number of carbonyl (C=O) groups excluding carboxylic acids is 1. The van der Waals surface area contributed by atoms with E-state index in [-0.39, 0.29) is 5.91 Å². The first kappa shape index (κ1) is 23.6. The van der Waals surface area contributed by atoms with Gasteiger partial charge in [-0.15, -0.1) is 10.2 Å². The van der Waals surface area contributed by atoms with Crippen LogP contribution in [0.2, 0.25) is 0 Å². The first-order valence-electron chi connectivity index (χ1n) is 11.4. The molecule has 180 valence electrons. The highest BCUT2D eigenvalue weighted by molar-refractivity contribution is 5.94. The van der Waals surface area contributed by atoms with E-state index in [4.69, 9.17) is 14.2 Å². The van der Waals surface area contributed by atoms with Crippen LogP contribution in [0.4, 0.5) is 0 Å². The fourth-order valence-corrected chi connectivity index (χ4v) is 4.15. The molecule has 0 saturated heterocycles. The van der Waals surface area contributed by atoms with Gasteiger partial charge in [-0.2, -0.15) is 0 Å². The molecule has 9 nitrogen and oxygen atoms in total. The zero-order valence-electron chi connectivity index (χ0n) is 19.9. The van der Waals surface area contributed by atoms with E-state index in [2.05, 4.69) is 25.0 Å². The van der Waals surface area contributed by atoms with Crippen molar-refractivity contribution in [3.63, 3.8) is 0 Å². The molecule has 2 heterocycles. The number of ether oxygens (including phenoxy) is 3. The molecule has 0 spiro atoms. The van der Waals surface area contributed by atoms with E-state index < -0.39 is 0 Å². The molecule has 1 aromatic heterocycles. The van der Waals surface area contributed by atoms with E-state index in [1.165, 1.54) is 0 Å². The van der Waals surface area contributed by atoms with E-state index in [0.717, 1.165) is 67.1 Å². The first-order valence-corrected chi connectivity index (χ1v) is 11.4. The zero-order chi connectivity index (χ0) is 23.9. The van der Waals surface area contributed by atoms with E-state index >= 15 is 0 Å². The van der Waals surface area contributed by atoms with Gasteiger partial charge in [0.15, 0.2) is 0 Å². The molecular formula is C25H31N5O4.